The number of esters is 1. The Morgan fingerprint density at radius 1 is 1.35 bits per heavy atom. The van der Waals surface area contributed by atoms with Gasteiger partial charge in [0.05, 0.1) is 44.3 Å². The number of nitrogens with zero attached hydrogens (tertiary/aromatic N) is 6. The minimum Gasteiger partial charge on any atom is -0.465 e. The van der Waals surface area contributed by atoms with Gasteiger partial charge in [-0.3, -0.25) is 9.25 Å². The zero-order chi connectivity index (χ0) is 18.3. The van der Waals surface area contributed by atoms with E-state index >= 15 is 0 Å². The number of ether oxygens (including phenoxy) is 1. The number of aliphatic hydroxyl groups excluding tert-OH is 1. The maximum absolute atomic E-state index is 11.8. The Labute approximate surface area is 149 Å². The average Bonchev–Trinajstić information content (AvgIpc) is 3.33. The summed E-state index contributed by atoms with van der Waals surface area (Å²) >= 11 is 0. The Balaban J connectivity index is 1.71. The van der Waals surface area contributed by atoms with E-state index in [0.29, 0.717) is 37.3 Å². The molecule has 0 aliphatic carbocycles. The van der Waals surface area contributed by atoms with Crippen LogP contribution in [0.2, 0.25) is 0 Å². The van der Waals surface area contributed by atoms with Gasteiger partial charge in [-0.05, 0) is 13.0 Å². The molecule has 1 aliphatic heterocycles. The molecular formula is C17H20N6O3. The van der Waals surface area contributed by atoms with Crippen LogP contribution in [0.4, 0.5) is 5.95 Å². The number of pyridine rings is 1. The zero-order valence-electron chi connectivity index (χ0n) is 14.7. The smallest absolute Gasteiger partial charge is 0.339 e. The fourth-order valence-electron chi connectivity index (χ4n) is 3.40. The van der Waals surface area contributed by atoms with E-state index in [1.54, 1.807) is 6.07 Å². The number of hydrogen-bond donors (Lipinski definition) is 1. The van der Waals surface area contributed by atoms with Crippen molar-refractivity contribution in [1.29, 1.82) is 0 Å². The third-order valence-electron chi connectivity index (χ3n) is 4.63. The molecule has 0 atom stereocenters. The second-order valence-electron chi connectivity index (χ2n) is 6.13. The molecule has 1 N–H and O–H groups in total. The molecule has 0 amide bonds. The lowest BCUT2D eigenvalue weighted by molar-refractivity contribution is 0.0600. The number of carbonyl (C=O) groups is 1. The Morgan fingerprint density at radius 3 is 2.92 bits per heavy atom. The minimum atomic E-state index is -0.426. The van der Waals surface area contributed by atoms with Crippen molar-refractivity contribution in [3.63, 3.8) is 0 Å². The molecule has 1 aliphatic rings. The molecule has 0 aromatic carbocycles. The number of anilines is 1. The van der Waals surface area contributed by atoms with E-state index in [4.69, 9.17) is 9.72 Å². The van der Waals surface area contributed by atoms with Gasteiger partial charge in [-0.1, -0.05) is 0 Å². The fraction of sp³-hybridized carbons (Fsp3) is 0.412. The minimum absolute atomic E-state index is 0.0574. The Morgan fingerprint density at radius 2 is 2.19 bits per heavy atom. The van der Waals surface area contributed by atoms with Crippen LogP contribution in [0, 0.1) is 0 Å². The van der Waals surface area contributed by atoms with E-state index in [2.05, 4.69) is 15.0 Å². The second kappa shape index (κ2) is 6.41. The summed E-state index contributed by atoms with van der Waals surface area (Å²) in [4.78, 5) is 23.0. The van der Waals surface area contributed by atoms with Gasteiger partial charge in [-0.15, -0.1) is 0 Å². The van der Waals surface area contributed by atoms with E-state index in [-0.39, 0.29) is 6.61 Å². The molecule has 9 nitrogen and oxygen atoms in total. The highest BCUT2D eigenvalue weighted by molar-refractivity contribution is 5.92. The first-order valence-electron chi connectivity index (χ1n) is 8.50. The van der Waals surface area contributed by atoms with Gasteiger partial charge in [-0.25, -0.2) is 14.8 Å². The van der Waals surface area contributed by atoms with Crippen molar-refractivity contribution in [3.05, 3.63) is 35.3 Å². The monoisotopic (exact) mass is 356 g/mol. The molecule has 26 heavy (non-hydrogen) atoms. The molecule has 0 fully saturated rings. The normalized spacial score (nSPS) is 13.4. The molecule has 3 aromatic rings. The van der Waals surface area contributed by atoms with Crippen LogP contribution in [0.25, 0.3) is 11.2 Å². The van der Waals surface area contributed by atoms with Gasteiger partial charge >= 0.3 is 5.97 Å². The Hall–Kier alpha value is -2.94. The van der Waals surface area contributed by atoms with E-state index in [1.807, 2.05) is 22.4 Å². The summed E-state index contributed by atoms with van der Waals surface area (Å²) in [6.07, 6.45) is 3.36. The van der Waals surface area contributed by atoms with Gasteiger partial charge < -0.3 is 14.7 Å². The summed E-state index contributed by atoms with van der Waals surface area (Å²) in [7, 11) is 1.35. The van der Waals surface area contributed by atoms with Crippen molar-refractivity contribution < 1.29 is 14.6 Å². The van der Waals surface area contributed by atoms with E-state index < -0.39 is 5.97 Å². The predicted molar refractivity (Wildman–Crippen MR) is 93.7 cm³/mol. The van der Waals surface area contributed by atoms with Gasteiger partial charge in [0.2, 0.25) is 5.95 Å². The second-order valence-corrected chi connectivity index (χ2v) is 6.13. The molecule has 0 radical (unpaired) electrons. The number of carbonyl (C=O) groups excluding carboxylic acids is 1. The third kappa shape index (κ3) is 2.51. The molecule has 9 heteroatoms. The quantitative estimate of drug-likeness (QED) is 0.680. The Bertz CT molecular complexity index is 976. The van der Waals surface area contributed by atoms with Gasteiger partial charge in [0.15, 0.2) is 5.65 Å². The number of aliphatic hydroxyl groups is 1. The van der Waals surface area contributed by atoms with Crippen LogP contribution in [-0.4, -0.2) is 49.1 Å². The maximum atomic E-state index is 11.8. The van der Waals surface area contributed by atoms with Crippen LogP contribution in [0.1, 0.15) is 28.5 Å². The molecular weight excluding hydrogens is 336 g/mol. The van der Waals surface area contributed by atoms with Crippen LogP contribution in [0.15, 0.2) is 18.5 Å². The van der Waals surface area contributed by atoms with E-state index in [1.165, 1.54) is 13.3 Å². The summed E-state index contributed by atoms with van der Waals surface area (Å²) in [5.41, 5.74) is 4.02. The number of hydrogen-bond acceptors (Lipinski definition) is 7. The van der Waals surface area contributed by atoms with Gasteiger partial charge in [0.25, 0.3) is 0 Å². The lowest BCUT2D eigenvalue weighted by Crippen LogP contribution is -2.21. The molecule has 0 spiro atoms. The molecule has 4 heterocycles. The molecule has 0 bridgehead atoms. The first kappa shape index (κ1) is 16.5. The molecule has 136 valence electrons. The largest absolute Gasteiger partial charge is 0.465 e. The average molecular weight is 356 g/mol. The molecule has 0 saturated carbocycles. The number of fused-ring (bicyclic) bond motifs is 2. The van der Waals surface area contributed by atoms with Crippen molar-refractivity contribution in [3.8, 4) is 0 Å². The third-order valence-corrected chi connectivity index (χ3v) is 4.63. The number of methoxy groups -OCH3 is 1. The van der Waals surface area contributed by atoms with Crippen molar-refractivity contribution in [2.75, 3.05) is 18.6 Å². The summed E-state index contributed by atoms with van der Waals surface area (Å²) in [6, 6.07) is 1.71. The number of rotatable bonds is 5. The molecule has 3 aromatic heterocycles. The highest BCUT2D eigenvalue weighted by Crippen LogP contribution is 2.30. The first-order valence-corrected chi connectivity index (χ1v) is 8.50. The molecule has 4 rings (SSSR count). The summed E-state index contributed by atoms with van der Waals surface area (Å²) in [6.45, 7) is 4.67. The zero-order valence-corrected chi connectivity index (χ0v) is 14.7. The predicted octanol–water partition coefficient (Wildman–Crippen LogP) is 0.947. The van der Waals surface area contributed by atoms with Gasteiger partial charge in [0, 0.05) is 24.8 Å². The number of aromatic nitrogens is 5. The van der Waals surface area contributed by atoms with Crippen LogP contribution >= 0.6 is 0 Å². The van der Waals surface area contributed by atoms with Crippen LogP contribution in [-0.2, 0) is 30.9 Å². The molecule has 0 unspecified atom stereocenters. The summed E-state index contributed by atoms with van der Waals surface area (Å²) in [5.74, 6) is 0.383. The lowest BCUT2D eigenvalue weighted by atomic mass is 10.3. The number of imidazole rings is 1. The van der Waals surface area contributed by atoms with E-state index in [0.717, 1.165) is 22.9 Å². The Kier molecular flexibility index (Phi) is 4.08. The summed E-state index contributed by atoms with van der Waals surface area (Å²) < 4.78 is 8.63. The van der Waals surface area contributed by atoms with Crippen molar-refractivity contribution in [2.24, 2.45) is 0 Å². The summed E-state index contributed by atoms with van der Waals surface area (Å²) in [5, 5.41) is 13.5. The van der Waals surface area contributed by atoms with Crippen molar-refractivity contribution in [2.45, 2.75) is 33.1 Å². The van der Waals surface area contributed by atoms with Gasteiger partial charge in [0.1, 0.15) is 5.52 Å². The van der Waals surface area contributed by atoms with Gasteiger partial charge in [-0.2, -0.15) is 5.10 Å². The first-order chi connectivity index (χ1) is 12.7. The molecule has 0 saturated heterocycles. The van der Waals surface area contributed by atoms with Crippen LogP contribution in [0.5, 0.6) is 0 Å². The van der Waals surface area contributed by atoms with E-state index in [9.17, 15) is 9.90 Å². The highest BCUT2D eigenvalue weighted by atomic mass is 16.5. The van der Waals surface area contributed by atoms with Crippen molar-refractivity contribution in [1.82, 2.24) is 24.3 Å². The standard InChI is InChI=1S/C17H20N6O3/c1-3-22-15-13(6-11(7-18-15)16(25)26-2)20-17(22)21-9-12-8-19-23(4-5-24)14(12)10-21/h6-8,24H,3-5,9-10H2,1-2H3. The van der Waals surface area contributed by atoms with Crippen LogP contribution < -0.4 is 4.90 Å². The highest BCUT2D eigenvalue weighted by Gasteiger charge is 2.27. The topological polar surface area (TPSA) is 98.3 Å². The SMILES string of the molecule is CCn1c(N2Cc3cnn(CCO)c3C2)nc2cc(C(=O)OC)cnc21. The number of aryl methyl sites for hydroxylation is 1. The fourth-order valence-corrected chi connectivity index (χ4v) is 3.40. The van der Waals surface area contributed by atoms with Crippen molar-refractivity contribution >= 4 is 23.1 Å². The van der Waals surface area contributed by atoms with Crippen LogP contribution in [0.3, 0.4) is 0 Å². The maximum Gasteiger partial charge on any atom is 0.339 e. The lowest BCUT2D eigenvalue weighted by Gasteiger charge is -2.18.